The summed E-state index contributed by atoms with van der Waals surface area (Å²) in [5, 5.41) is 10.0. The van der Waals surface area contributed by atoms with Crippen molar-refractivity contribution >= 4 is 23.2 Å². The van der Waals surface area contributed by atoms with Crippen molar-refractivity contribution in [1.82, 2.24) is 14.7 Å². The summed E-state index contributed by atoms with van der Waals surface area (Å²) >= 11 is 0. The lowest BCUT2D eigenvalue weighted by atomic mass is 9.92. The van der Waals surface area contributed by atoms with E-state index in [-0.39, 0.29) is 11.8 Å². The molecule has 1 aromatic heterocycles. The van der Waals surface area contributed by atoms with Crippen LogP contribution in [0, 0.1) is 19.8 Å². The number of carbonyl (C=O) groups is 2. The topological polar surface area (TPSA) is 70.8 Å². The van der Waals surface area contributed by atoms with E-state index in [0.717, 1.165) is 36.3 Å². The van der Waals surface area contributed by atoms with Gasteiger partial charge in [0.05, 0.1) is 11.9 Å². The van der Waals surface area contributed by atoms with Crippen LogP contribution in [0.2, 0.25) is 0 Å². The van der Waals surface area contributed by atoms with Crippen molar-refractivity contribution in [3.8, 4) is 0 Å². The number of likely N-dealkylation sites (tertiary alicyclic amines) is 1. The third-order valence-corrected chi connectivity index (χ3v) is 5.40. The molecule has 4 rings (SSSR count). The van der Waals surface area contributed by atoms with Crippen LogP contribution in [-0.2, 0) is 23.1 Å². The van der Waals surface area contributed by atoms with Crippen LogP contribution in [0.1, 0.15) is 29.5 Å². The summed E-state index contributed by atoms with van der Waals surface area (Å²) < 4.78 is 1.80. The molecule has 0 aliphatic carbocycles. The summed E-state index contributed by atoms with van der Waals surface area (Å²) in [7, 11) is 1.91. The van der Waals surface area contributed by atoms with Crippen molar-refractivity contribution < 1.29 is 9.59 Å². The number of rotatable bonds is 4. The number of carbonyl (C=O) groups excluding carboxylic acids is 2. The molecule has 0 radical (unpaired) electrons. The van der Waals surface area contributed by atoms with Crippen molar-refractivity contribution in [2.45, 2.75) is 33.1 Å². The van der Waals surface area contributed by atoms with Crippen molar-refractivity contribution in [1.29, 1.82) is 0 Å². The highest BCUT2D eigenvalue weighted by molar-refractivity contribution is 6.40. The van der Waals surface area contributed by atoms with Crippen LogP contribution in [0.25, 0.3) is 0 Å². The lowest BCUT2D eigenvalue weighted by Gasteiger charge is -2.40. The molecular weight excluding hydrogens is 354 g/mol. The highest BCUT2D eigenvalue weighted by atomic mass is 16.2. The van der Waals surface area contributed by atoms with Gasteiger partial charge in [0, 0.05) is 39.2 Å². The van der Waals surface area contributed by atoms with Gasteiger partial charge in [0.15, 0.2) is 0 Å². The van der Waals surface area contributed by atoms with Crippen LogP contribution in [0.3, 0.4) is 0 Å². The zero-order valence-electron chi connectivity index (χ0n) is 16.6. The SMILES string of the molecule is Cc1ccc(C)c(N2N=C(C(=O)N3CC(Cc4cnn(C)c4)C3)CCC2=O)c1. The molecule has 0 saturated carbocycles. The summed E-state index contributed by atoms with van der Waals surface area (Å²) in [5.41, 5.74) is 4.45. The predicted molar refractivity (Wildman–Crippen MR) is 107 cm³/mol. The van der Waals surface area contributed by atoms with Gasteiger partial charge in [-0.2, -0.15) is 10.2 Å². The third-order valence-electron chi connectivity index (χ3n) is 5.40. The first kappa shape index (κ1) is 18.4. The van der Waals surface area contributed by atoms with E-state index in [0.29, 0.717) is 24.5 Å². The number of amides is 2. The predicted octanol–water partition coefficient (Wildman–Crippen LogP) is 2.22. The zero-order valence-corrected chi connectivity index (χ0v) is 16.6. The first-order valence-corrected chi connectivity index (χ1v) is 9.65. The molecular formula is C21H25N5O2. The molecule has 1 aromatic carbocycles. The Bertz CT molecular complexity index is 955. The number of hydrogen-bond donors (Lipinski definition) is 0. The van der Waals surface area contributed by atoms with Crippen LogP contribution < -0.4 is 5.01 Å². The normalized spacial score (nSPS) is 17.5. The van der Waals surface area contributed by atoms with E-state index in [1.807, 2.05) is 56.4 Å². The van der Waals surface area contributed by atoms with Crippen molar-refractivity contribution in [2.75, 3.05) is 18.1 Å². The summed E-state index contributed by atoms with van der Waals surface area (Å²) in [5.74, 6) is 0.336. The maximum Gasteiger partial charge on any atom is 0.270 e. The molecule has 3 heterocycles. The Hall–Kier alpha value is -2.96. The third kappa shape index (κ3) is 3.56. The maximum absolute atomic E-state index is 12.9. The smallest absolute Gasteiger partial charge is 0.270 e. The quantitative estimate of drug-likeness (QED) is 0.818. The second kappa shape index (κ2) is 7.22. The zero-order chi connectivity index (χ0) is 19.8. The number of benzene rings is 1. The second-order valence-corrected chi connectivity index (χ2v) is 7.84. The van der Waals surface area contributed by atoms with Crippen LogP contribution in [0.4, 0.5) is 5.69 Å². The van der Waals surface area contributed by atoms with Gasteiger partial charge in [-0.3, -0.25) is 14.3 Å². The molecule has 7 nitrogen and oxygen atoms in total. The number of aryl methyl sites for hydroxylation is 3. The summed E-state index contributed by atoms with van der Waals surface area (Å²) in [6.07, 6.45) is 5.54. The minimum absolute atomic E-state index is 0.0507. The molecule has 7 heteroatoms. The van der Waals surface area contributed by atoms with Gasteiger partial charge in [0.2, 0.25) is 5.91 Å². The molecule has 2 amide bonds. The Morgan fingerprint density at radius 1 is 1.21 bits per heavy atom. The molecule has 1 saturated heterocycles. The van der Waals surface area contributed by atoms with E-state index in [4.69, 9.17) is 0 Å². The number of hydrogen-bond acceptors (Lipinski definition) is 4. The standard InChI is InChI=1S/C21H25N5O2/c1-14-4-5-15(2)19(8-14)26-20(27)7-6-18(23-26)21(28)25-12-17(13-25)9-16-10-22-24(3)11-16/h4-5,8,10-11,17H,6-7,9,12-13H2,1-3H3. The molecule has 2 aromatic rings. The fourth-order valence-corrected chi connectivity index (χ4v) is 3.80. The van der Waals surface area contributed by atoms with Gasteiger partial charge in [-0.15, -0.1) is 0 Å². The largest absolute Gasteiger partial charge is 0.337 e. The van der Waals surface area contributed by atoms with Crippen LogP contribution in [-0.4, -0.2) is 45.3 Å². The van der Waals surface area contributed by atoms with Crippen LogP contribution >= 0.6 is 0 Å². The first-order chi connectivity index (χ1) is 13.4. The van der Waals surface area contributed by atoms with E-state index < -0.39 is 0 Å². The Morgan fingerprint density at radius 2 is 2.00 bits per heavy atom. The molecule has 2 aliphatic heterocycles. The molecule has 2 aliphatic rings. The van der Waals surface area contributed by atoms with E-state index in [1.165, 1.54) is 10.6 Å². The maximum atomic E-state index is 12.9. The fraction of sp³-hybridized carbons (Fsp3) is 0.429. The Kier molecular flexibility index (Phi) is 4.75. The van der Waals surface area contributed by atoms with E-state index >= 15 is 0 Å². The van der Waals surface area contributed by atoms with Gasteiger partial charge >= 0.3 is 0 Å². The number of aromatic nitrogens is 2. The number of hydrazone groups is 1. The molecule has 0 spiro atoms. The highest BCUT2D eigenvalue weighted by Crippen LogP contribution is 2.27. The minimum atomic E-state index is -0.0664. The Morgan fingerprint density at radius 3 is 2.71 bits per heavy atom. The molecule has 0 bridgehead atoms. The van der Waals surface area contributed by atoms with Gasteiger partial charge in [-0.1, -0.05) is 12.1 Å². The van der Waals surface area contributed by atoms with Gasteiger partial charge in [-0.05, 0) is 48.9 Å². The van der Waals surface area contributed by atoms with Crippen molar-refractivity contribution in [2.24, 2.45) is 18.1 Å². The van der Waals surface area contributed by atoms with Gasteiger partial charge in [-0.25, -0.2) is 5.01 Å². The minimum Gasteiger partial charge on any atom is -0.337 e. The van der Waals surface area contributed by atoms with E-state index in [9.17, 15) is 9.59 Å². The summed E-state index contributed by atoms with van der Waals surface area (Å²) in [4.78, 5) is 27.1. The van der Waals surface area contributed by atoms with Crippen LogP contribution in [0.5, 0.6) is 0 Å². The van der Waals surface area contributed by atoms with Crippen LogP contribution in [0.15, 0.2) is 35.7 Å². The fourth-order valence-electron chi connectivity index (χ4n) is 3.80. The average molecular weight is 379 g/mol. The second-order valence-electron chi connectivity index (χ2n) is 7.84. The summed E-state index contributed by atoms with van der Waals surface area (Å²) in [6, 6.07) is 5.92. The highest BCUT2D eigenvalue weighted by Gasteiger charge is 2.35. The molecule has 146 valence electrons. The lowest BCUT2D eigenvalue weighted by Crippen LogP contribution is -2.54. The molecule has 0 unspecified atom stereocenters. The Balaban J connectivity index is 1.44. The molecule has 0 atom stereocenters. The van der Waals surface area contributed by atoms with Gasteiger partial charge in [0.1, 0.15) is 5.71 Å². The van der Waals surface area contributed by atoms with Crippen molar-refractivity contribution in [3.05, 3.63) is 47.3 Å². The monoisotopic (exact) mass is 379 g/mol. The van der Waals surface area contributed by atoms with Gasteiger partial charge in [0.25, 0.3) is 5.91 Å². The first-order valence-electron chi connectivity index (χ1n) is 9.65. The molecule has 1 fully saturated rings. The lowest BCUT2D eigenvalue weighted by molar-refractivity contribution is -0.130. The Labute approximate surface area is 164 Å². The summed E-state index contributed by atoms with van der Waals surface area (Å²) in [6.45, 7) is 5.38. The number of nitrogens with zero attached hydrogens (tertiary/aromatic N) is 5. The average Bonchev–Trinajstić information content (AvgIpc) is 3.05. The molecule has 28 heavy (non-hydrogen) atoms. The van der Waals surface area contributed by atoms with Gasteiger partial charge < -0.3 is 4.90 Å². The molecule has 0 N–H and O–H groups in total. The number of anilines is 1. The van der Waals surface area contributed by atoms with E-state index in [1.54, 1.807) is 4.68 Å². The van der Waals surface area contributed by atoms with E-state index in [2.05, 4.69) is 10.2 Å². The van der Waals surface area contributed by atoms with Crippen molar-refractivity contribution in [3.63, 3.8) is 0 Å².